The third-order valence-corrected chi connectivity index (χ3v) is 3.21. The molecule has 0 aliphatic heterocycles. The van der Waals surface area contributed by atoms with Crippen LogP contribution in [-0.2, 0) is 6.42 Å². The van der Waals surface area contributed by atoms with E-state index in [9.17, 15) is 5.11 Å². The largest absolute Gasteiger partial charge is 0.388 e. The van der Waals surface area contributed by atoms with E-state index in [0.29, 0.717) is 16.5 Å². The average Bonchev–Trinajstić information content (AvgIpc) is 2.35. The lowest BCUT2D eigenvalue weighted by atomic mass is 10.0. The minimum Gasteiger partial charge on any atom is -0.388 e. The van der Waals surface area contributed by atoms with Crippen molar-refractivity contribution in [1.29, 1.82) is 0 Å². The van der Waals surface area contributed by atoms with Crippen molar-refractivity contribution in [2.24, 2.45) is 0 Å². The molecule has 1 atom stereocenters. The quantitative estimate of drug-likeness (QED) is 0.880. The van der Waals surface area contributed by atoms with Crippen molar-refractivity contribution in [3.05, 3.63) is 69.7 Å². The summed E-state index contributed by atoms with van der Waals surface area (Å²) >= 11 is 12.0. The highest BCUT2D eigenvalue weighted by molar-refractivity contribution is 6.33. The number of halogens is 2. The van der Waals surface area contributed by atoms with Crippen LogP contribution < -0.4 is 0 Å². The van der Waals surface area contributed by atoms with E-state index in [1.807, 2.05) is 30.3 Å². The fourth-order valence-electron chi connectivity index (χ4n) is 1.70. The van der Waals surface area contributed by atoms with Crippen molar-refractivity contribution >= 4 is 23.2 Å². The number of rotatable bonds is 3. The van der Waals surface area contributed by atoms with Gasteiger partial charge in [-0.15, -0.1) is 0 Å². The normalized spacial score (nSPS) is 12.4. The molecule has 1 nitrogen and oxygen atoms in total. The lowest BCUT2D eigenvalue weighted by molar-refractivity contribution is 0.178. The fraction of sp³-hybridized carbons (Fsp3) is 0.143. The maximum absolute atomic E-state index is 10.1. The minimum absolute atomic E-state index is 0.462. The van der Waals surface area contributed by atoms with Gasteiger partial charge in [0.2, 0.25) is 0 Å². The van der Waals surface area contributed by atoms with Crippen LogP contribution in [0.25, 0.3) is 0 Å². The van der Waals surface area contributed by atoms with E-state index < -0.39 is 6.10 Å². The van der Waals surface area contributed by atoms with E-state index in [-0.39, 0.29) is 0 Å². The van der Waals surface area contributed by atoms with Crippen LogP contribution in [0.5, 0.6) is 0 Å². The Morgan fingerprint density at radius 3 is 2.41 bits per heavy atom. The van der Waals surface area contributed by atoms with Gasteiger partial charge in [-0.05, 0) is 29.3 Å². The van der Waals surface area contributed by atoms with Gasteiger partial charge in [-0.25, -0.2) is 0 Å². The highest BCUT2D eigenvalue weighted by Gasteiger charge is 2.10. The van der Waals surface area contributed by atoms with Crippen molar-refractivity contribution in [3.63, 3.8) is 0 Å². The summed E-state index contributed by atoms with van der Waals surface area (Å²) < 4.78 is 0. The third-order valence-electron chi connectivity index (χ3n) is 2.61. The van der Waals surface area contributed by atoms with Crippen LogP contribution in [-0.4, -0.2) is 5.11 Å². The molecule has 2 aromatic rings. The summed E-state index contributed by atoms with van der Waals surface area (Å²) in [5.41, 5.74) is 1.74. The summed E-state index contributed by atoms with van der Waals surface area (Å²) in [6, 6.07) is 14.8. The number of benzene rings is 2. The van der Waals surface area contributed by atoms with Crippen molar-refractivity contribution in [2.75, 3.05) is 0 Å². The third kappa shape index (κ3) is 3.22. The Hall–Kier alpha value is -1.02. The molecular weight excluding hydrogens is 255 g/mol. The van der Waals surface area contributed by atoms with Gasteiger partial charge in [-0.1, -0.05) is 53.5 Å². The van der Waals surface area contributed by atoms with Crippen LogP contribution in [0.15, 0.2) is 48.5 Å². The maximum atomic E-state index is 10.1. The number of hydrogen-bond donors (Lipinski definition) is 1. The van der Waals surface area contributed by atoms with Crippen LogP contribution in [0.1, 0.15) is 17.2 Å². The first-order valence-corrected chi connectivity index (χ1v) is 6.09. The Balaban J connectivity index is 2.18. The molecule has 0 heterocycles. The van der Waals surface area contributed by atoms with Gasteiger partial charge in [0.25, 0.3) is 0 Å². The van der Waals surface area contributed by atoms with E-state index >= 15 is 0 Å². The van der Waals surface area contributed by atoms with E-state index in [1.165, 1.54) is 0 Å². The SMILES string of the molecule is OC(Cc1cc(Cl)ccc1Cl)c1ccccc1. The summed E-state index contributed by atoms with van der Waals surface area (Å²) in [5.74, 6) is 0. The molecule has 0 aliphatic rings. The van der Waals surface area contributed by atoms with Crippen LogP contribution in [0.4, 0.5) is 0 Å². The number of aliphatic hydroxyl groups is 1. The highest BCUT2D eigenvalue weighted by Crippen LogP contribution is 2.26. The Morgan fingerprint density at radius 1 is 1.00 bits per heavy atom. The molecule has 0 saturated heterocycles. The molecule has 88 valence electrons. The molecule has 17 heavy (non-hydrogen) atoms. The van der Waals surface area contributed by atoms with Crippen molar-refractivity contribution < 1.29 is 5.11 Å². The predicted octanol–water partition coefficient (Wildman–Crippen LogP) is 4.27. The standard InChI is InChI=1S/C14H12Cl2O/c15-12-6-7-13(16)11(8-12)9-14(17)10-4-2-1-3-5-10/h1-8,14,17H,9H2. The number of aliphatic hydroxyl groups excluding tert-OH is 1. The molecule has 2 rings (SSSR count). The molecule has 0 aliphatic carbocycles. The molecule has 0 saturated carbocycles. The Morgan fingerprint density at radius 2 is 1.71 bits per heavy atom. The van der Waals surface area contributed by atoms with Gasteiger partial charge < -0.3 is 5.11 Å². The van der Waals surface area contributed by atoms with E-state index in [4.69, 9.17) is 23.2 Å². The monoisotopic (exact) mass is 266 g/mol. The molecule has 1 unspecified atom stereocenters. The van der Waals surface area contributed by atoms with Gasteiger partial charge in [0, 0.05) is 16.5 Å². The van der Waals surface area contributed by atoms with Gasteiger partial charge in [0.1, 0.15) is 0 Å². The smallest absolute Gasteiger partial charge is 0.0830 e. The first-order valence-electron chi connectivity index (χ1n) is 5.34. The predicted molar refractivity (Wildman–Crippen MR) is 71.6 cm³/mol. The van der Waals surface area contributed by atoms with Crippen LogP contribution in [0.3, 0.4) is 0 Å². The average molecular weight is 267 g/mol. The lowest BCUT2D eigenvalue weighted by Gasteiger charge is -2.12. The van der Waals surface area contributed by atoms with Crippen molar-refractivity contribution in [1.82, 2.24) is 0 Å². The summed E-state index contributed by atoms with van der Waals surface area (Å²) in [5, 5.41) is 11.3. The van der Waals surface area contributed by atoms with E-state index in [1.54, 1.807) is 18.2 Å². The summed E-state index contributed by atoms with van der Waals surface area (Å²) in [4.78, 5) is 0. The molecule has 0 spiro atoms. The molecule has 3 heteroatoms. The zero-order chi connectivity index (χ0) is 12.3. The first kappa shape index (κ1) is 12.4. The molecule has 0 amide bonds. The van der Waals surface area contributed by atoms with Crippen LogP contribution in [0.2, 0.25) is 10.0 Å². The second-order valence-corrected chi connectivity index (χ2v) is 4.71. The Kier molecular flexibility index (Phi) is 4.06. The topological polar surface area (TPSA) is 20.2 Å². The molecule has 1 N–H and O–H groups in total. The van der Waals surface area contributed by atoms with Gasteiger partial charge in [-0.3, -0.25) is 0 Å². The molecule has 2 aromatic carbocycles. The summed E-state index contributed by atoms with van der Waals surface area (Å²) in [6.07, 6.45) is -0.101. The first-order chi connectivity index (χ1) is 8.16. The minimum atomic E-state index is -0.563. The molecular formula is C14H12Cl2O. The molecule has 0 radical (unpaired) electrons. The van der Waals surface area contributed by atoms with E-state index in [0.717, 1.165) is 11.1 Å². The maximum Gasteiger partial charge on any atom is 0.0830 e. The lowest BCUT2D eigenvalue weighted by Crippen LogP contribution is -2.02. The van der Waals surface area contributed by atoms with Gasteiger partial charge >= 0.3 is 0 Å². The Bertz CT molecular complexity index is 497. The van der Waals surface area contributed by atoms with Crippen molar-refractivity contribution in [3.8, 4) is 0 Å². The zero-order valence-corrected chi connectivity index (χ0v) is 10.6. The van der Waals surface area contributed by atoms with Gasteiger partial charge in [0.15, 0.2) is 0 Å². The summed E-state index contributed by atoms with van der Waals surface area (Å²) in [7, 11) is 0. The van der Waals surface area contributed by atoms with Gasteiger partial charge in [-0.2, -0.15) is 0 Å². The molecule has 0 aromatic heterocycles. The van der Waals surface area contributed by atoms with Gasteiger partial charge in [0.05, 0.1) is 6.10 Å². The molecule has 0 bridgehead atoms. The highest BCUT2D eigenvalue weighted by atomic mass is 35.5. The number of hydrogen-bond acceptors (Lipinski definition) is 1. The zero-order valence-electron chi connectivity index (χ0n) is 9.11. The Labute approximate surface area is 111 Å². The second-order valence-electron chi connectivity index (χ2n) is 3.87. The van der Waals surface area contributed by atoms with Crippen LogP contribution >= 0.6 is 23.2 Å². The fourth-order valence-corrected chi connectivity index (χ4v) is 2.09. The van der Waals surface area contributed by atoms with Crippen LogP contribution in [0, 0.1) is 0 Å². The second kappa shape index (κ2) is 5.54. The van der Waals surface area contributed by atoms with E-state index in [2.05, 4.69) is 0 Å². The molecule has 0 fully saturated rings. The summed E-state index contributed by atoms with van der Waals surface area (Å²) in [6.45, 7) is 0. The van der Waals surface area contributed by atoms with Crippen molar-refractivity contribution in [2.45, 2.75) is 12.5 Å².